The monoisotopic (exact) mass is 111 g/mol. The molecule has 1 radical (unpaired) electrons. The van der Waals surface area contributed by atoms with Gasteiger partial charge in [-0.15, -0.1) is 0 Å². The summed E-state index contributed by atoms with van der Waals surface area (Å²) in [5, 5.41) is 0. The second kappa shape index (κ2) is 4.57. The third-order valence-electron chi connectivity index (χ3n) is 0.748. The number of carbonyl (C=O) groups is 1. The van der Waals surface area contributed by atoms with Crippen molar-refractivity contribution >= 4 is 5.78 Å². The van der Waals surface area contributed by atoms with E-state index in [2.05, 4.69) is 6.92 Å². The molecule has 0 rings (SSSR count). The van der Waals surface area contributed by atoms with Crippen LogP contribution in [0.2, 0.25) is 0 Å². The van der Waals surface area contributed by atoms with Gasteiger partial charge in [-0.3, -0.25) is 4.79 Å². The average molecular weight is 111 g/mol. The first kappa shape index (κ1) is 7.41. The van der Waals surface area contributed by atoms with E-state index in [0.29, 0.717) is 6.42 Å². The first-order valence-electron chi connectivity index (χ1n) is 2.77. The lowest BCUT2D eigenvalue weighted by molar-refractivity contribution is -0.114. The van der Waals surface area contributed by atoms with Crippen molar-refractivity contribution in [1.29, 1.82) is 0 Å². The Morgan fingerprint density at radius 1 is 1.62 bits per heavy atom. The average Bonchev–Trinajstić information content (AvgIpc) is 1.66. The molecule has 0 heterocycles. The first-order chi connectivity index (χ1) is 3.77. The molecular weight excluding hydrogens is 100 g/mol. The summed E-state index contributed by atoms with van der Waals surface area (Å²) in [7, 11) is 0. The number of ketones is 1. The fraction of sp³-hybridized carbons (Fsp3) is 0.429. The van der Waals surface area contributed by atoms with E-state index in [1.807, 2.05) is 19.1 Å². The summed E-state index contributed by atoms with van der Waals surface area (Å²) in [4.78, 5) is 10.2. The maximum Gasteiger partial charge on any atom is 0.137 e. The highest BCUT2D eigenvalue weighted by Crippen LogP contribution is 1.85. The predicted molar refractivity (Wildman–Crippen MR) is 34.4 cm³/mol. The second-order valence-electron chi connectivity index (χ2n) is 1.62. The van der Waals surface area contributed by atoms with Gasteiger partial charge in [-0.05, 0) is 6.42 Å². The molecule has 0 atom stereocenters. The molecule has 0 saturated heterocycles. The topological polar surface area (TPSA) is 17.1 Å². The molecule has 0 N–H and O–H groups in total. The lowest BCUT2D eigenvalue weighted by Crippen LogP contribution is -1.83. The Kier molecular flexibility index (Phi) is 4.23. The van der Waals surface area contributed by atoms with Gasteiger partial charge in [-0.1, -0.05) is 19.1 Å². The molecule has 0 aromatic carbocycles. The number of Topliss-reactive ketones (excluding diaryl/α,β-unsaturated/α-hetero) is 1. The highest BCUT2D eigenvalue weighted by molar-refractivity contribution is 5.83. The van der Waals surface area contributed by atoms with Crippen molar-refractivity contribution in [2.45, 2.75) is 19.8 Å². The lowest BCUT2D eigenvalue weighted by Gasteiger charge is -1.80. The van der Waals surface area contributed by atoms with Gasteiger partial charge >= 0.3 is 0 Å². The summed E-state index contributed by atoms with van der Waals surface area (Å²) in [6, 6.07) is 0. The maximum absolute atomic E-state index is 10.2. The summed E-state index contributed by atoms with van der Waals surface area (Å²) in [6.07, 6.45) is 5.28. The van der Waals surface area contributed by atoms with E-state index in [9.17, 15) is 4.79 Å². The SMILES string of the molecule is [CH2]C(=O)CC=CCC. The minimum atomic E-state index is -0.0188. The number of carbonyl (C=O) groups excluding carboxylic acids is 1. The van der Waals surface area contributed by atoms with Gasteiger partial charge in [0.25, 0.3) is 0 Å². The maximum atomic E-state index is 10.2. The molecule has 1 heteroatoms. The largest absolute Gasteiger partial charge is 0.299 e. The molecule has 0 unspecified atom stereocenters. The zero-order valence-electron chi connectivity index (χ0n) is 5.18. The zero-order chi connectivity index (χ0) is 6.41. The van der Waals surface area contributed by atoms with Gasteiger partial charge in [0.1, 0.15) is 5.78 Å². The molecule has 0 aromatic rings. The zero-order valence-corrected chi connectivity index (χ0v) is 5.18. The molecule has 0 aliphatic carbocycles. The van der Waals surface area contributed by atoms with Crippen molar-refractivity contribution in [1.82, 2.24) is 0 Å². The van der Waals surface area contributed by atoms with Crippen LogP contribution >= 0.6 is 0 Å². The Hall–Kier alpha value is -0.590. The minimum Gasteiger partial charge on any atom is -0.299 e. The highest BCUT2D eigenvalue weighted by Gasteiger charge is 1.82. The van der Waals surface area contributed by atoms with Crippen LogP contribution < -0.4 is 0 Å². The molecule has 0 bridgehead atoms. The third-order valence-corrected chi connectivity index (χ3v) is 0.748. The standard InChI is InChI=1S/C7H11O/c1-3-4-5-6-7(2)8/h4-5H,2-3,6H2,1H3. The number of hydrogen-bond acceptors (Lipinski definition) is 1. The quantitative estimate of drug-likeness (QED) is 0.507. The van der Waals surface area contributed by atoms with Crippen LogP contribution in [0.25, 0.3) is 0 Å². The van der Waals surface area contributed by atoms with E-state index < -0.39 is 0 Å². The number of rotatable bonds is 3. The molecule has 0 aliphatic heterocycles. The van der Waals surface area contributed by atoms with Crippen LogP contribution in [0.3, 0.4) is 0 Å². The van der Waals surface area contributed by atoms with E-state index in [-0.39, 0.29) is 5.78 Å². The van der Waals surface area contributed by atoms with Gasteiger partial charge in [0.2, 0.25) is 0 Å². The van der Waals surface area contributed by atoms with Gasteiger partial charge in [0.05, 0.1) is 0 Å². The summed E-state index contributed by atoms with van der Waals surface area (Å²) in [5.41, 5.74) is 0. The molecule has 0 amide bonds. The molecule has 45 valence electrons. The minimum absolute atomic E-state index is 0.0188. The Morgan fingerprint density at radius 2 is 2.25 bits per heavy atom. The van der Waals surface area contributed by atoms with Crippen LogP contribution in [0.5, 0.6) is 0 Å². The summed E-state index contributed by atoms with van der Waals surface area (Å²) in [5.74, 6) is -0.0188. The fourth-order valence-corrected chi connectivity index (χ4v) is 0.381. The molecule has 0 fully saturated rings. The molecule has 0 saturated carbocycles. The Balaban J connectivity index is 3.16. The summed E-state index contributed by atoms with van der Waals surface area (Å²) >= 11 is 0. The molecule has 0 spiro atoms. The van der Waals surface area contributed by atoms with Crippen LogP contribution in [-0.4, -0.2) is 5.78 Å². The van der Waals surface area contributed by atoms with Crippen LogP contribution in [0.4, 0.5) is 0 Å². The molecule has 8 heavy (non-hydrogen) atoms. The van der Waals surface area contributed by atoms with Gasteiger partial charge in [0, 0.05) is 13.3 Å². The van der Waals surface area contributed by atoms with Gasteiger partial charge in [0.15, 0.2) is 0 Å². The Morgan fingerprint density at radius 3 is 2.62 bits per heavy atom. The van der Waals surface area contributed by atoms with Crippen molar-refractivity contribution in [3.8, 4) is 0 Å². The molecule has 1 nitrogen and oxygen atoms in total. The normalized spacial score (nSPS) is 10.2. The third kappa shape index (κ3) is 5.41. The van der Waals surface area contributed by atoms with E-state index >= 15 is 0 Å². The van der Waals surface area contributed by atoms with Gasteiger partial charge in [-0.2, -0.15) is 0 Å². The van der Waals surface area contributed by atoms with Crippen LogP contribution in [0, 0.1) is 6.92 Å². The molecule has 0 aromatic heterocycles. The van der Waals surface area contributed by atoms with E-state index in [1.165, 1.54) is 0 Å². The number of hydrogen-bond donors (Lipinski definition) is 0. The van der Waals surface area contributed by atoms with Crippen LogP contribution in [-0.2, 0) is 4.79 Å². The van der Waals surface area contributed by atoms with E-state index in [4.69, 9.17) is 0 Å². The van der Waals surface area contributed by atoms with Gasteiger partial charge in [-0.25, -0.2) is 0 Å². The van der Waals surface area contributed by atoms with E-state index in [1.54, 1.807) is 0 Å². The summed E-state index contributed by atoms with van der Waals surface area (Å²) < 4.78 is 0. The smallest absolute Gasteiger partial charge is 0.137 e. The number of allylic oxidation sites excluding steroid dienone is 2. The van der Waals surface area contributed by atoms with Crippen LogP contribution in [0.15, 0.2) is 12.2 Å². The van der Waals surface area contributed by atoms with Crippen molar-refractivity contribution in [3.63, 3.8) is 0 Å². The lowest BCUT2D eigenvalue weighted by atomic mass is 10.3. The Bertz CT molecular complexity index is 92.6. The van der Waals surface area contributed by atoms with Crippen molar-refractivity contribution in [2.75, 3.05) is 0 Å². The van der Waals surface area contributed by atoms with Crippen molar-refractivity contribution in [2.24, 2.45) is 0 Å². The Labute approximate surface area is 50.4 Å². The van der Waals surface area contributed by atoms with Crippen LogP contribution in [0.1, 0.15) is 19.8 Å². The first-order valence-corrected chi connectivity index (χ1v) is 2.77. The fourth-order valence-electron chi connectivity index (χ4n) is 0.381. The second-order valence-corrected chi connectivity index (χ2v) is 1.62. The highest BCUT2D eigenvalue weighted by atomic mass is 16.1. The molecular formula is C7H11O. The van der Waals surface area contributed by atoms with Gasteiger partial charge < -0.3 is 0 Å². The summed E-state index contributed by atoms with van der Waals surface area (Å²) in [6.45, 7) is 5.25. The van der Waals surface area contributed by atoms with Crippen molar-refractivity contribution in [3.05, 3.63) is 19.1 Å². The van der Waals surface area contributed by atoms with E-state index in [0.717, 1.165) is 6.42 Å². The van der Waals surface area contributed by atoms with Crippen molar-refractivity contribution < 1.29 is 4.79 Å². The molecule has 0 aliphatic rings. The predicted octanol–water partition coefficient (Wildman–Crippen LogP) is 1.75.